The minimum absolute atomic E-state index is 0.0983. The summed E-state index contributed by atoms with van der Waals surface area (Å²) in [4.78, 5) is 22.6. The van der Waals surface area contributed by atoms with Gasteiger partial charge in [0.25, 0.3) is 0 Å². The van der Waals surface area contributed by atoms with Crippen molar-refractivity contribution >= 4 is 5.95 Å². The van der Waals surface area contributed by atoms with E-state index in [0.717, 1.165) is 63.5 Å². The number of likely N-dealkylation sites (tertiary alicyclic amines) is 1. The maximum absolute atomic E-state index is 10.1. The SMILES string of the molecule is CCc1ncc(CN2CCC(c3cc(O)nc(N4CCCCC4)n3)CC2)cn1. The Labute approximate surface area is 166 Å². The number of aromatic hydroxyl groups is 1. The third-order valence-electron chi connectivity index (χ3n) is 5.85. The molecular formula is C21H30N6O. The standard InChI is InChI=1S/C21H30N6O/c1-2-19-22-13-16(14-23-19)15-26-10-6-17(7-11-26)18-12-20(28)25-21(24-18)27-8-4-3-5-9-27/h12-14,17H,2-11,15H2,1H3,(H,24,25,28). The van der Waals surface area contributed by atoms with Crippen LogP contribution in [0.25, 0.3) is 0 Å². The van der Waals surface area contributed by atoms with Crippen molar-refractivity contribution in [2.45, 2.75) is 57.9 Å². The molecule has 2 aliphatic heterocycles. The summed E-state index contributed by atoms with van der Waals surface area (Å²) >= 11 is 0. The molecule has 0 radical (unpaired) electrons. The molecule has 1 N–H and O–H groups in total. The molecular weight excluding hydrogens is 352 g/mol. The molecule has 7 nitrogen and oxygen atoms in total. The van der Waals surface area contributed by atoms with Gasteiger partial charge >= 0.3 is 0 Å². The summed E-state index contributed by atoms with van der Waals surface area (Å²) in [6, 6.07) is 1.76. The molecule has 0 aromatic carbocycles. The number of nitrogens with zero attached hydrogens (tertiary/aromatic N) is 6. The Morgan fingerprint density at radius 3 is 2.39 bits per heavy atom. The normalized spacial score (nSPS) is 19.1. The van der Waals surface area contributed by atoms with Gasteiger partial charge < -0.3 is 10.0 Å². The van der Waals surface area contributed by atoms with Crippen molar-refractivity contribution in [3.05, 3.63) is 35.5 Å². The molecule has 0 unspecified atom stereocenters. The molecule has 0 bridgehead atoms. The largest absolute Gasteiger partial charge is 0.493 e. The van der Waals surface area contributed by atoms with Crippen LogP contribution in [0.4, 0.5) is 5.95 Å². The topological polar surface area (TPSA) is 78.3 Å². The second kappa shape index (κ2) is 8.82. The predicted octanol–water partition coefficient (Wildman–Crippen LogP) is 2.90. The van der Waals surface area contributed by atoms with Gasteiger partial charge in [-0.3, -0.25) is 4.90 Å². The Kier molecular flexibility index (Phi) is 6.00. The zero-order valence-corrected chi connectivity index (χ0v) is 16.7. The zero-order valence-electron chi connectivity index (χ0n) is 16.7. The average Bonchev–Trinajstić information content (AvgIpc) is 2.75. The van der Waals surface area contributed by atoms with Crippen LogP contribution in [-0.4, -0.2) is 56.1 Å². The van der Waals surface area contributed by atoms with Crippen LogP contribution in [0.3, 0.4) is 0 Å². The number of aryl methyl sites for hydroxylation is 1. The lowest BCUT2D eigenvalue weighted by Gasteiger charge is -2.32. The Balaban J connectivity index is 1.37. The molecule has 28 heavy (non-hydrogen) atoms. The fourth-order valence-electron chi connectivity index (χ4n) is 4.17. The van der Waals surface area contributed by atoms with Crippen molar-refractivity contribution in [1.82, 2.24) is 24.8 Å². The summed E-state index contributed by atoms with van der Waals surface area (Å²) in [7, 11) is 0. The summed E-state index contributed by atoms with van der Waals surface area (Å²) < 4.78 is 0. The number of rotatable bonds is 5. The molecule has 0 atom stereocenters. The summed E-state index contributed by atoms with van der Waals surface area (Å²) in [5, 5.41) is 10.1. The number of hydrogen-bond donors (Lipinski definition) is 1. The lowest BCUT2D eigenvalue weighted by Crippen LogP contribution is -2.33. The van der Waals surface area contributed by atoms with Crippen molar-refractivity contribution in [2.75, 3.05) is 31.1 Å². The molecule has 2 fully saturated rings. The smallest absolute Gasteiger partial charge is 0.228 e. The van der Waals surface area contributed by atoms with Gasteiger partial charge in [-0.2, -0.15) is 4.98 Å². The van der Waals surface area contributed by atoms with Gasteiger partial charge in [0.15, 0.2) is 0 Å². The van der Waals surface area contributed by atoms with Gasteiger partial charge in [-0.15, -0.1) is 0 Å². The van der Waals surface area contributed by atoms with Crippen LogP contribution >= 0.6 is 0 Å². The Morgan fingerprint density at radius 2 is 1.71 bits per heavy atom. The highest BCUT2D eigenvalue weighted by Gasteiger charge is 2.24. The van der Waals surface area contributed by atoms with Crippen molar-refractivity contribution < 1.29 is 5.11 Å². The van der Waals surface area contributed by atoms with Crippen LogP contribution in [0.15, 0.2) is 18.5 Å². The van der Waals surface area contributed by atoms with Crippen molar-refractivity contribution in [3.63, 3.8) is 0 Å². The molecule has 0 saturated carbocycles. The minimum atomic E-state index is 0.0983. The molecule has 2 aromatic rings. The molecule has 4 heterocycles. The highest BCUT2D eigenvalue weighted by Crippen LogP contribution is 2.30. The Morgan fingerprint density at radius 1 is 1.00 bits per heavy atom. The molecule has 0 spiro atoms. The van der Waals surface area contributed by atoms with E-state index in [4.69, 9.17) is 4.98 Å². The monoisotopic (exact) mass is 382 g/mol. The quantitative estimate of drug-likeness (QED) is 0.852. The fourth-order valence-corrected chi connectivity index (χ4v) is 4.17. The van der Waals surface area contributed by atoms with E-state index >= 15 is 0 Å². The van der Waals surface area contributed by atoms with Gasteiger partial charge in [-0.1, -0.05) is 6.92 Å². The summed E-state index contributed by atoms with van der Waals surface area (Å²) in [6.45, 7) is 6.97. The van der Waals surface area contributed by atoms with Gasteiger partial charge in [0.1, 0.15) is 5.82 Å². The fraction of sp³-hybridized carbons (Fsp3) is 0.619. The first-order valence-electron chi connectivity index (χ1n) is 10.6. The van der Waals surface area contributed by atoms with E-state index in [2.05, 4.69) is 31.7 Å². The molecule has 7 heteroatoms. The molecule has 0 aliphatic carbocycles. The summed E-state index contributed by atoms with van der Waals surface area (Å²) in [5.74, 6) is 2.08. The van der Waals surface area contributed by atoms with E-state index < -0.39 is 0 Å². The third-order valence-corrected chi connectivity index (χ3v) is 5.85. The maximum atomic E-state index is 10.1. The van der Waals surface area contributed by atoms with Crippen molar-refractivity contribution in [3.8, 4) is 5.88 Å². The first-order chi connectivity index (χ1) is 13.7. The van der Waals surface area contributed by atoms with Crippen LogP contribution in [0, 0.1) is 0 Å². The summed E-state index contributed by atoms with van der Waals surface area (Å²) in [6.07, 6.45) is 10.5. The highest BCUT2D eigenvalue weighted by molar-refractivity contribution is 5.35. The molecule has 2 aromatic heterocycles. The van der Waals surface area contributed by atoms with Crippen LogP contribution < -0.4 is 4.90 Å². The van der Waals surface area contributed by atoms with E-state index in [1.54, 1.807) is 6.07 Å². The third kappa shape index (κ3) is 4.58. The lowest BCUT2D eigenvalue weighted by atomic mass is 9.93. The zero-order chi connectivity index (χ0) is 19.3. The van der Waals surface area contributed by atoms with Crippen LogP contribution in [0.2, 0.25) is 0 Å². The second-order valence-electron chi connectivity index (χ2n) is 7.91. The predicted molar refractivity (Wildman–Crippen MR) is 108 cm³/mol. The molecule has 0 amide bonds. The Bertz CT molecular complexity index is 767. The van der Waals surface area contributed by atoms with Crippen molar-refractivity contribution in [1.29, 1.82) is 0 Å². The average molecular weight is 383 g/mol. The van der Waals surface area contributed by atoms with E-state index in [9.17, 15) is 5.11 Å². The first-order valence-corrected chi connectivity index (χ1v) is 10.6. The Hall–Kier alpha value is -2.28. The molecule has 2 saturated heterocycles. The van der Waals surface area contributed by atoms with Crippen LogP contribution in [0.1, 0.15) is 62.0 Å². The molecule has 4 rings (SSSR count). The van der Waals surface area contributed by atoms with E-state index in [-0.39, 0.29) is 5.88 Å². The first kappa shape index (κ1) is 19.1. The number of anilines is 1. The van der Waals surface area contributed by atoms with Crippen LogP contribution in [-0.2, 0) is 13.0 Å². The van der Waals surface area contributed by atoms with Gasteiger partial charge in [-0.25, -0.2) is 15.0 Å². The van der Waals surface area contributed by atoms with Gasteiger partial charge in [0.05, 0.1) is 5.69 Å². The number of piperidine rings is 2. The maximum Gasteiger partial charge on any atom is 0.228 e. The van der Waals surface area contributed by atoms with E-state index in [0.29, 0.717) is 11.9 Å². The van der Waals surface area contributed by atoms with Gasteiger partial charge in [0, 0.05) is 56.0 Å². The van der Waals surface area contributed by atoms with E-state index in [1.807, 2.05) is 12.4 Å². The molecule has 150 valence electrons. The van der Waals surface area contributed by atoms with Crippen molar-refractivity contribution in [2.24, 2.45) is 0 Å². The van der Waals surface area contributed by atoms with Gasteiger partial charge in [-0.05, 0) is 45.2 Å². The number of aromatic nitrogens is 4. The second-order valence-corrected chi connectivity index (χ2v) is 7.91. The highest BCUT2D eigenvalue weighted by atomic mass is 16.3. The lowest BCUT2D eigenvalue weighted by molar-refractivity contribution is 0.202. The van der Waals surface area contributed by atoms with Gasteiger partial charge in [0.2, 0.25) is 11.8 Å². The number of hydrogen-bond acceptors (Lipinski definition) is 7. The molecule has 2 aliphatic rings. The minimum Gasteiger partial charge on any atom is -0.493 e. The van der Waals surface area contributed by atoms with E-state index in [1.165, 1.54) is 24.8 Å². The summed E-state index contributed by atoms with van der Waals surface area (Å²) in [5.41, 5.74) is 2.16. The van der Waals surface area contributed by atoms with Crippen LogP contribution in [0.5, 0.6) is 5.88 Å².